The van der Waals surface area contributed by atoms with Gasteiger partial charge in [0.2, 0.25) is 0 Å². The van der Waals surface area contributed by atoms with Crippen molar-refractivity contribution in [2.45, 2.75) is 44.2 Å². The lowest BCUT2D eigenvalue weighted by Crippen LogP contribution is -2.59. The minimum absolute atomic E-state index is 0.183. The van der Waals surface area contributed by atoms with Gasteiger partial charge in [0.05, 0.1) is 5.70 Å². The maximum absolute atomic E-state index is 14.0. The Labute approximate surface area is 213 Å². The topological polar surface area (TPSA) is 99.6 Å². The van der Waals surface area contributed by atoms with Gasteiger partial charge in [0, 0.05) is 43.9 Å². The molecule has 12 heteroatoms. The molecule has 1 aromatic rings. The molecule has 2 saturated heterocycles. The van der Waals surface area contributed by atoms with Crippen molar-refractivity contribution in [3.05, 3.63) is 47.3 Å². The first-order valence-corrected chi connectivity index (χ1v) is 12.6. The van der Waals surface area contributed by atoms with Crippen LogP contribution in [0.4, 0.5) is 34.9 Å². The van der Waals surface area contributed by atoms with Crippen molar-refractivity contribution in [1.82, 2.24) is 25.1 Å². The minimum Gasteiger partial charge on any atom is -0.393 e. The Morgan fingerprint density at radius 3 is 2.51 bits per heavy atom. The molecule has 3 aliphatic heterocycles. The summed E-state index contributed by atoms with van der Waals surface area (Å²) in [7, 11) is 0. The lowest BCUT2D eigenvalue weighted by molar-refractivity contribution is -0.0980. The summed E-state index contributed by atoms with van der Waals surface area (Å²) in [6, 6.07) is 0. The number of anilines is 3. The van der Waals surface area contributed by atoms with Crippen LogP contribution in [-0.2, 0) is 0 Å². The van der Waals surface area contributed by atoms with Gasteiger partial charge in [0.25, 0.3) is 0 Å². The number of rotatable bonds is 6. The number of piperidine rings is 1. The van der Waals surface area contributed by atoms with Gasteiger partial charge in [-0.3, -0.25) is 0 Å². The quantitative estimate of drug-likeness (QED) is 0.389. The molecule has 2 atom stereocenters. The Hall–Kier alpha value is -3.24. The van der Waals surface area contributed by atoms with E-state index in [-0.39, 0.29) is 17.3 Å². The third kappa shape index (κ3) is 4.87. The molecule has 1 unspecified atom stereocenters. The predicted octanol–water partition coefficient (Wildman–Crippen LogP) is 2.95. The zero-order valence-electron chi connectivity index (χ0n) is 20.7. The van der Waals surface area contributed by atoms with E-state index in [2.05, 4.69) is 42.6 Å². The number of likely N-dealkylation sites (tertiary alicyclic amines) is 1. The number of alkyl halides is 4. The molecule has 0 radical (unpaired) electrons. The van der Waals surface area contributed by atoms with E-state index < -0.39 is 23.6 Å². The number of halogens is 4. The SMILES string of the molecule is C[C@]1(C2CCN(c3ncnc(N)c3N)CC2)NC(C2=C=C(C(F)(F)F)C(F)C=C2)=CN1CCN1CCC1. The summed E-state index contributed by atoms with van der Waals surface area (Å²) in [5, 5.41) is 3.50. The van der Waals surface area contributed by atoms with Crippen molar-refractivity contribution in [2.24, 2.45) is 5.92 Å². The molecular formula is C25H32F4N8. The van der Waals surface area contributed by atoms with E-state index in [0.29, 0.717) is 30.3 Å². The maximum atomic E-state index is 14.0. The third-order valence-electron chi connectivity index (χ3n) is 7.93. The first-order chi connectivity index (χ1) is 17.6. The normalized spacial score (nSPS) is 26.9. The summed E-state index contributed by atoms with van der Waals surface area (Å²) in [5.74, 6) is 1.05. The summed E-state index contributed by atoms with van der Waals surface area (Å²) in [5.41, 5.74) is 13.5. The molecule has 5 N–H and O–H groups in total. The van der Waals surface area contributed by atoms with Crippen molar-refractivity contribution in [3.63, 3.8) is 0 Å². The minimum atomic E-state index is -4.78. The fourth-order valence-electron chi connectivity index (χ4n) is 5.51. The molecule has 0 spiro atoms. The van der Waals surface area contributed by atoms with Crippen molar-refractivity contribution < 1.29 is 17.6 Å². The van der Waals surface area contributed by atoms with Crippen molar-refractivity contribution >= 4 is 17.3 Å². The lowest BCUT2D eigenvalue weighted by Gasteiger charge is -2.47. The van der Waals surface area contributed by atoms with Crippen LogP contribution >= 0.6 is 0 Å². The second kappa shape index (κ2) is 9.57. The Kier molecular flexibility index (Phi) is 6.57. The summed E-state index contributed by atoms with van der Waals surface area (Å²) >= 11 is 0. The molecule has 0 bridgehead atoms. The van der Waals surface area contributed by atoms with Crippen LogP contribution in [0.15, 0.2) is 47.3 Å². The van der Waals surface area contributed by atoms with Gasteiger partial charge in [0.1, 0.15) is 23.3 Å². The first-order valence-electron chi connectivity index (χ1n) is 12.6. The van der Waals surface area contributed by atoms with Crippen LogP contribution in [0.5, 0.6) is 0 Å². The summed E-state index contributed by atoms with van der Waals surface area (Å²) in [6.07, 6.45) is 1.38. The highest BCUT2D eigenvalue weighted by Gasteiger charge is 2.45. The third-order valence-corrected chi connectivity index (χ3v) is 7.93. The molecule has 8 nitrogen and oxygen atoms in total. The van der Waals surface area contributed by atoms with Gasteiger partial charge >= 0.3 is 6.18 Å². The van der Waals surface area contributed by atoms with E-state index >= 15 is 0 Å². The Morgan fingerprint density at radius 1 is 1.14 bits per heavy atom. The fourth-order valence-corrected chi connectivity index (χ4v) is 5.51. The molecule has 5 rings (SSSR count). The van der Waals surface area contributed by atoms with Gasteiger partial charge in [-0.1, -0.05) is 5.73 Å². The number of aromatic nitrogens is 2. The molecule has 2 fully saturated rings. The summed E-state index contributed by atoms with van der Waals surface area (Å²) < 4.78 is 54.2. The lowest BCUT2D eigenvalue weighted by atomic mass is 9.84. The average Bonchev–Trinajstić information content (AvgIpc) is 3.17. The Morgan fingerprint density at radius 2 is 1.86 bits per heavy atom. The summed E-state index contributed by atoms with van der Waals surface area (Å²) in [4.78, 5) is 14.9. The monoisotopic (exact) mass is 520 g/mol. The van der Waals surface area contributed by atoms with E-state index in [9.17, 15) is 17.6 Å². The highest BCUT2D eigenvalue weighted by Crippen LogP contribution is 2.40. The van der Waals surface area contributed by atoms with Crippen molar-refractivity contribution in [1.29, 1.82) is 0 Å². The van der Waals surface area contributed by atoms with E-state index in [1.807, 2.05) is 6.20 Å². The van der Waals surface area contributed by atoms with E-state index in [1.165, 1.54) is 18.8 Å². The fraction of sp³-hybridized carbons (Fsp3) is 0.560. The predicted molar refractivity (Wildman–Crippen MR) is 134 cm³/mol. The highest BCUT2D eigenvalue weighted by atomic mass is 19.4. The van der Waals surface area contributed by atoms with Crippen LogP contribution in [0, 0.1) is 5.92 Å². The second-order valence-electron chi connectivity index (χ2n) is 10.2. The highest BCUT2D eigenvalue weighted by molar-refractivity contribution is 5.73. The molecule has 0 saturated carbocycles. The zero-order chi connectivity index (χ0) is 26.4. The number of hydrogen-bond acceptors (Lipinski definition) is 8. The Balaban J connectivity index is 1.38. The van der Waals surface area contributed by atoms with Gasteiger partial charge < -0.3 is 31.5 Å². The molecule has 0 amide bonds. The molecule has 4 heterocycles. The second-order valence-corrected chi connectivity index (χ2v) is 10.2. The molecule has 1 aromatic heterocycles. The Bertz CT molecular complexity index is 1160. The molecule has 4 aliphatic rings. The van der Waals surface area contributed by atoms with Gasteiger partial charge in [0.15, 0.2) is 17.8 Å². The molecular weight excluding hydrogens is 488 g/mol. The maximum Gasteiger partial charge on any atom is 0.422 e. The van der Waals surface area contributed by atoms with E-state index in [1.54, 1.807) is 0 Å². The zero-order valence-corrected chi connectivity index (χ0v) is 20.7. The number of hydrogen-bond donors (Lipinski definition) is 3. The van der Waals surface area contributed by atoms with E-state index in [4.69, 9.17) is 11.5 Å². The number of nitrogen functional groups attached to an aromatic ring is 2. The van der Waals surface area contributed by atoms with E-state index in [0.717, 1.165) is 45.1 Å². The number of allylic oxidation sites excluding steroid dienone is 2. The van der Waals surface area contributed by atoms with Gasteiger partial charge in [-0.2, -0.15) is 13.2 Å². The van der Waals surface area contributed by atoms with Crippen molar-refractivity contribution in [3.8, 4) is 0 Å². The largest absolute Gasteiger partial charge is 0.422 e. The van der Waals surface area contributed by atoms with Crippen LogP contribution in [0.3, 0.4) is 0 Å². The van der Waals surface area contributed by atoms with Crippen LogP contribution in [0.1, 0.15) is 26.2 Å². The van der Waals surface area contributed by atoms with Crippen molar-refractivity contribution in [2.75, 3.05) is 55.6 Å². The summed E-state index contributed by atoms with van der Waals surface area (Å²) in [6.45, 7) is 7.18. The van der Waals surface area contributed by atoms with Crippen LogP contribution < -0.4 is 21.7 Å². The molecule has 0 aromatic carbocycles. The average molecular weight is 521 g/mol. The van der Waals surface area contributed by atoms with Crippen LogP contribution in [0.2, 0.25) is 0 Å². The first kappa shape index (κ1) is 25.4. The number of nitrogens with zero attached hydrogens (tertiary/aromatic N) is 5. The van der Waals surface area contributed by atoms with Crippen LogP contribution in [-0.4, -0.2) is 77.0 Å². The number of nitrogens with one attached hydrogen (secondary N) is 1. The standard InChI is InChI=1S/C25H32F4N8/c1-24(17-5-9-36(10-6-17)23-21(30)22(31)32-15-33-23)34-20(14-37(24)12-11-35-7-2-8-35)16-3-4-19(26)18(13-16)25(27,28)29/h3-4,14-15,17,19,34H,2,5-12,30H2,1H3,(H2,31,32,33)/t19?,24-/m0/s1. The van der Waals surface area contributed by atoms with Gasteiger partial charge in [-0.15, -0.1) is 0 Å². The smallest absolute Gasteiger partial charge is 0.393 e. The molecule has 1 aliphatic carbocycles. The number of nitrogens with two attached hydrogens (primary N) is 2. The van der Waals surface area contributed by atoms with Gasteiger partial charge in [-0.05, 0) is 51.4 Å². The molecule has 200 valence electrons. The van der Waals surface area contributed by atoms with Gasteiger partial charge in [-0.25, -0.2) is 14.4 Å². The molecule has 37 heavy (non-hydrogen) atoms. The van der Waals surface area contributed by atoms with Crippen LogP contribution in [0.25, 0.3) is 0 Å².